The van der Waals surface area contributed by atoms with Gasteiger partial charge >= 0.3 is 0 Å². The Morgan fingerprint density at radius 2 is 2.31 bits per heavy atom. The Hall–Kier alpha value is -0.960. The highest BCUT2D eigenvalue weighted by Gasteiger charge is 2.03. The van der Waals surface area contributed by atoms with Crippen LogP contribution in [0, 0.1) is 5.82 Å². The van der Waals surface area contributed by atoms with Gasteiger partial charge in [-0.25, -0.2) is 4.39 Å². The third-order valence-electron chi connectivity index (χ3n) is 1.91. The van der Waals surface area contributed by atoms with E-state index in [1.54, 1.807) is 23.9 Å². The Bertz CT molecular complexity index is 422. The molecule has 0 spiro atoms. The van der Waals surface area contributed by atoms with Gasteiger partial charge in [0.25, 0.3) is 0 Å². The third kappa shape index (κ3) is 1.56. The standard InChI is InChI=1S/C10H10FNS/c1-2-13-10-6-12-9-4-3-7(11)5-8(9)10/h3-6,12H,2H2,1H3. The molecule has 68 valence electrons. The second-order valence-electron chi connectivity index (χ2n) is 2.78. The fourth-order valence-electron chi connectivity index (χ4n) is 1.34. The van der Waals surface area contributed by atoms with Crippen molar-refractivity contribution in [2.24, 2.45) is 0 Å². The third-order valence-corrected chi connectivity index (χ3v) is 2.84. The van der Waals surface area contributed by atoms with Crippen molar-refractivity contribution in [3.05, 3.63) is 30.2 Å². The van der Waals surface area contributed by atoms with Crippen molar-refractivity contribution in [2.45, 2.75) is 11.8 Å². The van der Waals surface area contributed by atoms with Gasteiger partial charge < -0.3 is 4.98 Å². The Morgan fingerprint density at radius 3 is 3.08 bits per heavy atom. The van der Waals surface area contributed by atoms with Crippen LogP contribution in [0.15, 0.2) is 29.3 Å². The lowest BCUT2D eigenvalue weighted by Gasteiger charge is -1.95. The molecular formula is C10H10FNS. The SMILES string of the molecule is CCSc1c[nH]c2ccc(F)cc12. The number of thioether (sulfide) groups is 1. The molecule has 0 aliphatic rings. The number of nitrogens with one attached hydrogen (secondary N) is 1. The monoisotopic (exact) mass is 195 g/mol. The van der Waals surface area contributed by atoms with E-state index in [1.807, 2.05) is 6.20 Å². The Morgan fingerprint density at radius 1 is 1.46 bits per heavy atom. The van der Waals surface area contributed by atoms with Crippen LogP contribution in [0.2, 0.25) is 0 Å². The maximum absolute atomic E-state index is 12.9. The van der Waals surface area contributed by atoms with Gasteiger partial charge in [-0.05, 0) is 24.0 Å². The first-order valence-electron chi connectivity index (χ1n) is 4.20. The number of hydrogen-bond acceptors (Lipinski definition) is 1. The van der Waals surface area contributed by atoms with E-state index in [4.69, 9.17) is 0 Å². The Balaban J connectivity index is 2.58. The highest BCUT2D eigenvalue weighted by molar-refractivity contribution is 7.99. The summed E-state index contributed by atoms with van der Waals surface area (Å²) in [6, 6.07) is 4.81. The maximum atomic E-state index is 12.9. The molecule has 2 aromatic rings. The van der Waals surface area contributed by atoms with Crippen molar-refractivity contribution < 1.29 is 4.39 Å². The predicted octanol–water partition coefficient (Wildman–Crippen LogP) is 3.42. The van der Waals surface area contributed by atoms with Gasteiger partial charge in [-0.1, -0.05) is 6.92 Å². The number of benzene rings is 1. The molecule has 1 N–H and O–H groups in total. The summed E-state index contributed by atoms with van der Waals surface area (Å²) < 4.78 is 12.9. The molecule has 0 bridgehead atoms. The summed E-state index contributed by atoms with van der Waals surface area (Å²) in [7, 11) is 0. The smallest absolute Gasteiger partial charge is 0.123 e. The Kier molecular flexibility index (Phi) is 2.27. The number of rotatable bonds is 2. The topological polar surface area (TPSA) is 15.8 Å². The van der Waals surface area contributed by atoms with Gasteiger partial charge in [0.2, 0.25) is 0 Å². The van der Waals surface area contributed by atoms with Crippen LogP contribution >= 0.6 is 11.8 Å². The normalized spacial score (nSPS) is 10.9. The number of aromatic nitrogens is 1. The number of H-pyrrole nitrogens is 1. The van der Waals surface area contributed by atoms with E-state index in [0.717, 1.165) is 21.6 Å². The predicted molar refractivity (Wildman–Crippen MR) is 54.7 cm³/mol. The van der Waals surface area contributed by atoms with E-state index in [-0.39, 0.29) is 5.82 Å². The molecule has 0 atom stereocenters. The van der Waals surface area contributed by atoms with Crippen molar-refractivity contribution in [1.82, 2.24) is 4.98 Å². The molecule has 3 heteroatoms. The fraction of sp³-hybridized carbons (Fsp3) is 0.200. The molecule has 0 aliphatic carbocycles. The van der Waals surface area contributed by atoms with Crippen LogP contribution in [0.4, 0.5) is 4.39 Å². The minimum absolute atomic E-state index is 0.176. The first kappa shape index (κ1) is 8.63. The molecule has 1 aromatic heterocycles. The number of aromatic amines is 1. The lowest BCUT2D eigenvalue weighted by Crippen LogP contribution is -1.74. The summed E-state index contributed by atoms with van der Waals surface area (Å²) >= 11 is 1.72. The quantitative estimate of drug-likeness (QED) is 0.726. The largest absolute Gasteiger partial charge is 0.360 e. The molecule has 0 amide bonds. The minimum atomic E-state index is -0.176. The van der Waals surface area contributed by atoms with Gasteiger partial charge in [0.1, 0.15) is 5.82 Å². The lowest BCUT2D eigenvalue weighted by molar-refractivity contribution is 0.629. The van der Waals surface area contributed by atoms with Gasteiger partial charge in [0.05, 0.1) is 0 Å². The Labute approximate surface area is 80.3 Å². The van der Waals surface area contributed by atoms with E-state index in [2.05, 4.69) is 11.9 Å². The fourth-order valence-corrected chi connectivity index (χ4v) is 2.12. The van der Waals surface area contributed by atoms with Crippen molar-refractivity contribution >= 4 is 22.7 Å². The van der Waals surface area contributed by atoms with Crippen molar-refractivity contribution in [3.63, 3.8) is 0 Å². The highest BCUT2D eigenvalue weighted by Crippen LogP contribution is 2.27. The van der Waals surface area contributed by atoms with Crippen molar-refractivity contribution in [1.29, 1.82) is 0 Å². The average molecular weight is 195 g/mol. The first-order valence-corrected chi connectivity index (χ1v) is 5.19. The van der Waals surface area contributed by atoms with Crippen molar-refractivity contribution in [3.8, 4) is 0 Å². The zero-order chi connectivity index (χ0) is 9.26. The van der Waals surface area contributed by atoms with Crippen LogP contribution in [0.1, 0.15) is 6.92 Å². The molecule has 1 aromatic carbocycles. The number of fused-ring (bicyclic) bond motifs is 1. The van der Waals surface area contributed by atoms with Crippen LogP contribution in [0.3, 0.4) is 0 Å². The molecule has 0 saturated carbocycles. The van der Waals surface area contributed by atoms with E-state index in [0.29, 0.717) is 0 Å². The van der Waals surface area contributed by atoms with Gasteiger partial charge in [-0.3, -0.25) is 0 Å². The molecule has 0 unspecified atom stereocenters. The molecule has 2 rings (SSSR count). The van der Waals surface area contributed by atoms with Crippen molar-refractivity contribution in [2.75, 3.05) is 5.75 Å². The van der Waals surface area contributed by atoms with E-state index < -0.39 is 0 Å². The lowest BCUT2D eigenvalue weighted by atomic mass is 10.2. The van der Waals surface area contributed by atoms with Gasteiger partial charge in [0.15, 0.2) is 0 Å². The zero-order valence-electron chi connectivity index (χ0n) is 7.30. The zero-order valence-corrected chi connectivity index (χ0v) is 8.12. The molecule has 13 heavy (non-hydrogen) atoms. The van der Waals surface area contributed by atoms with E-state index in [9.17, 15) is 4.39 Å². The molecule has 1 nitrogen and oxygen atoms in total. The van der Waals surface area contributed by atoms with Gasteiger partial charge in [-0.15, -0.1) is 11.8 Å². The second-order valence-corrected chi connectivity index (χ2v) is 4.08. The number of halogens is 1. The molecule has 0 saturated heterocycles. The maximum Gasteiger partial charge on any atom is 0.123 e. The molecule has 0 aliphatic heterocycles. The van der Waals surface area contributed by atoms with Crippen LogP contribution in [-0.4, -0.2) is 10.7 Å². The van der Waals surface area contributed by atoms with Crippen LogP contribution in [0.25, 0.3) is 10.9 Å². The van der Waals surface area contributed by atoms with Crippen LogP contribution in [-0.2, 0) is 0 Å². The molecular weight excluding hydrogens is 185 g/mol. The minimum Gasteiger partial charge on any atom is -0.360 e. The summed E-state index contributed by atoms with van der Waals surface area (Å²) in [5.74, 6) is 0.828. The average Bonchev–Trinajstić information content (AvgIpc) is 2.49. The first-order chi connectivity index (χ1) is 6.31. The van der Waals surface area contributed by atoms with Crippen LogP contribution in [0.5, 0.6) is 0 Å². The molecule has 0 fully saturated rings. The summed E-state index contributed by atoms with van der Waals surface area (Å²) in [4.78, 5) is 4.23. The number of hydrogen-bond donors (Lipinski definition) is 1. The van der Waals surface area contributed by atoms with E-state index >= 15 is 0 Å². The highest BCUT2D eigenvalue weighted by atomic mass is 32.2. The van der Waals surface area contributed by atoms with E-state index in [1.165, 1.54) is 6.07 Å². The second kappa shape index (κ2) is 3.42. The molecule has 1 heterocycles. The summed E-state index contributed by atoms with van der Waals surface area (Å²) in [6.07, 6.45) is 1.93. The molecule has 0 radical (unpaired) electrons. The summed E-state index contributed by atoms with van der Waals surface area (Å²) in [5.41, 5.74) is 0.998. The summed E-state index contributed by atoms with van der Waals surface area (Å²) in [6.45, 7) is 2.09. The van der Waals surface area contributed by atoms with Crippen LogP contribution < -0.4 is 0 Å². The summed E-state index contributed by atoms with van der Waals surface area (Å²) in [5, 5.41) is 0.979. The van der Waals surface area contributed by atoms with Gasteiger partial charge in [0, 0.05) is 22.0 Å². The van der Waals surface area contributed by atoms with Gasteiger partial charge in [-0.2, -0.15) is 0 Å².